The lowest BCUT2D eigenvalue weighted by Crippen LogP contribution is -2.21. The van der Waals surface area contributed by atoms with Crippen molar-refractivity contribution in [2.75, 3.05) is 6.61 Å². The van der Waals surface area contributed by atoms with Gasteiger partial charge in [0.1, 0.15) is 5.75 Å². The fourth-order valence-electron chi connectivity index (χ4n) is 5.84. The molecule has 45 heavy (non-hydrogen) atoms. The van der Waals surface area contributed by atoms with E-state index in [9.17, 15) is 4.79 Å². The van der Waals surface area contributed by atoms with E-state index < -0.39 is 0 Å². The fourth-order valence-corrected chi connectivity index (χ4v) is 7.01. The van der Waals surface area contributed by atoms with Crippen LogP contribution < -0.4 is 10.3 Å². The first-order valence-corrected chi connectivity index (χ1v) is 16.6. The predicted molar refractivity (Wildman–Crippen MR) is 192 cm³/mol. The minimum Gasteiger partial charge on any atom is -0.494 e. The van der Waals surface area contributed by atoms with Crippen LogP contribution in [0, 0.1) is 13.8 Å². The topological polar surface area (TPSA) is 61.4 Å². The van der Waals surface area contributed by atoms with Crippen molar-refractivity contribution >= 4 is 59.9 Å². The predicted octanol–water partition coefficient (Wildman–Crippen LogP) is 9.61. The summed E-state index contributed by atoms with van der Waals surface area (Å²) in [5, 5.41) is 6.48. The molecule has 0 atom stereocenters. The molecule has 2 heterocycles. The van der Waals surface area contributed by atoms with Crippen LogP contribution in [0.3, 0.4) is 0 Å². The lowest BCUT2D eigenvalue weighted by Gasteiger charge is -2.18. The number of benzene rings is 4. The van der Waals surface area contributed by atoms with E-state index in [1.165, 1.54) is 4.68 Å². The highest BCUT2D eigenvalue weighted by molar-refractivity contribution is 9.11. The molecule has 6 nitrogen and oxygen atoms in total. The second kappa shape index (κ2) is 12.8. The number of aromatic nitrogens is 3. The summed E-state index contributed by atoms with van der Waals surface area (Å²) >= 11 is 7.29. The summed E-state index contributed by atoms with van der Waals surface area (Å²) in [5.41, 5.74) is 7.56. The van der Waals surface area contributed by atoms with Crippen molar-refractivity contribution in [2.45, 2.75) is 47.1 Å². The Morgan fingerprint density at radius 2 is 1.69 bits per heavy atom. The van der Waals surface area contributed by atoms with Gasteiger partial charge in [-0.2, -0.15) is 9.78 Å². The standard InChI is InChI=1S/C37H34Br2N4O2/c1-6-45-35-17-23(4)30(19-29(35)22(2)3)36-41-33-13-9-7-12-28(33)37(44)43(36)40-20-31-24(5)42(34-14-10-8-11-27(31)34)21-25-15-16-26(38)18-32(25)39/h7-20,22H,6,21H2,1-5H3. The van der Waals surface area contributed by atoms with Gasteiger partial charge in [0, 0.05) is 43.2 Å². The molecule has 2 aromatic heterocycles. The largest absolute Gasteiger partial charge is 0.494 e. The minimum atomic E-state index is -0.216. The van der Waals surface area contributed by atoms with Crippen LogP contribution in [-0.4, -0.2) is 27.0 Å². The number of halogens is 2. The summed E-state index contributed by atoms with van der Waals surface area (Å²) in [6, 6.07) is 26.1. The number of nitrogens with zero attached hydrogens (tertiary/aromatic N) is 4. The Kier molecular flexibility index (Phi) is 8.80. The Bertz CT molecular complexity index is 2160. The van der Waals surface area contributed by atoms with Crippen molar-refractivity contribution in [3.05, 3.63) is 126 Å². The van der Waals surface area contributed by atoms with Crippen LogP contribution in [0.2, 0.25) is 0 Å². The molecule has 0 saturated heterocycles. The van der Waals surface area contributed by atoms with Gasteiger partial charge >= 0.3 is 0 Å². The Balaban J connectivity index is 1.54. The number of ether oxygens (including phenoxy) is 1. The molecule has 0 fully saturated rings. The molecular weight excluding hydrogens is 692 g/mol. The van der Waals surface area contributed by atoms with Gasteiger partial charge < -0.3 is 9.30 Å². The first-order valence-electron chi connectivity index (χ1n) is 15.0. The first kappa shape index (κ1) is 31.0. The number of rotatable bonds is 8. The van der Waals surface area contributed by atoms with Gasteiger partial charge in [0.15, 0.2) is 5.82 Å². The molecule has 0 saturated carbocycles. The van der Waals surface area contributed by atoms with Crippen LogP contribution in [0.4, 0.5) is 0 Å². The highest BCUT2D eigenvalue weighted by Gasteiger charge is 2.19. The summed E-state index contributed by atoms with van der Waals surface area (Å²) in [4.78, 5) is 19.1. The van der Waals surface area contributed by atoms with Crippen LogP contribution >= 0.6 is 31.9 Å². The van der Waals surface area contributed by atoms with Crippen LogP contribution in [0.5, 0.6) is 5.75 Å². The highest BCUT2D eigenvalue weighted by Crippen LogP contribution is 2.35. The van der Waals surface area contributed by atoms with Crippen LogP contribution in [0.1, 0.15) is 54.6 Å². The molecule has 6 rings (SSSR count). The van der Waals surface area contributed by atoms with Gasteiger partial charge in [-0.1, -0.05) is 82.1 Å². The van der Waals surface area contributed by atoms with E-state index in [2.05, 4.69) is 93.6 Å². The van der Waals surface area contributed by atoms with E-state index in [1.54, 1.807) is 12.3 Å². The third-order valence-corrected chi connectivity index (χ3v) is 9.43. The molecule has 4 aromatic carbocycles. The van der Waals surface area contributed by atoms with E-state index in [0.717, 1.165) is 59.1 Å². The molecule has 228 valence electrons. The zero-order valence-electron chi connectivity index (χ0n) is 25.9. The van der Waals surface area contributed by atoms with Crippen molar-refractivity contribution in [1.82, 2.24) is 14.2 Å². The van der Waals surface area contributed by atoms with Crippen molar-refractivity contribution in [1.29, 1.82) is 0 Å². The van der Waals surface area contributed by atoms with Gasteiger partial charge in [0.05, 0.1) is 23.7 Å². The first-order chi connectivity index (χ1) is 21.7. The summed E-state index contributed by atoms with van der Waals surface area (Å²) in [7, 11) is 0. The van der Waals surface area contributed by atoms with Gasteiger partial charge in [0.2, 0.25) is 0 Å². The quantitative estimate of drug-likeness (QED) is 0.147. The number of aryl methyl sites for hydroxylation is 1. The zero-order chi connectivity index (χ0) is 31.8. The van der Waals surface area contributed by atoms with Crippen LogP contribution in [0.15, 0.2) is 97.7 Å². The van der Waals surface area contributed by atoms with Gasteiger partial charge in [0.25, 0.3) is 5.56 Å². The van der Waals surface area contributed by atoms with Crippen LogP contribution in [0.25, 0.3) is 33.2 Å². The molecule has 0 N–H and O–H groups in total. The second-order valence-electron chi connectivity index (χ2n) is 11.4. The van der Waals surface area contributed by atoms with E-state index >= 15 is 0 Å². The molecule has 6 aromatic rings. The van der Waals surface area contributed by atoms with E-state index in [4.69, 9.17) is 14.8 Å². The Morgan fingerprint density at radius 1 is 0.956 bits per heavy atom. The maximum absolute atomic E-state index is 14.1. The molecule has 0 amide bonds. The molecule has 0 aliphatic rings. The lowest BCUT2D eigenvalue weighted by molar-refractivity contribution is 0.335. The monoisotopic (exact) mass is 724 g/mol. The summed E-state index contributed by atoms with van der Waals surface area (Å²) in [5.74, 6) is 1.57. The molecule has 0 spiro atoms. The van der Waals surface area contributed by atoms with E-state index in [1.807, 2.05) is 50.2 Å². The lowest BCUT2D eigenvalue weighted by atomic mass is 9.96. The number of para-hydroxylation sites is 2. The summed E-state index contributed by atoms with van der Waals surface area (Å²) < 4.78 is 11.8. The SMILES string of the molecule is CCOc1cc(C)c(-c2nc3ccccc3c(=O)n2N=Cc2c(C)n(Cc3ccc(Br)cc3Br)c3ccccc23)cc1C(C)C. The average Bonchev–Trinajstić information content (AvgIpc) is 3.28. The molecule has 0 aliphatic heterocycles. The minimum absolute atomic E-state index is 0.216. The van der Waals surface area contributed by atoms with Crippen molar-refractivity contribution in [3.8, 4) is 17.1 Å². The summed E-state index contributed by atoms with van der Waals surface area (Å²) in [6.07, 6.45) is 1.80. The van der Waals surface area contributed by atoms with Crippen LogP contribution in [-0.2, 0) is 6.54 Å². The Labute approximate surface area is 279 Å². The van der Waals surface area contributed by atoms with E-state index in [0.29, 0.717) is 29.9 Å². The van der Waals surface area contributed by atoms with Gasteiger partial charge in [-0.05, 0) is 85.8 Å². The zero-order valence-corrected chi connectivity index (χ0v) is 29.1. The third-order valence-electron chi connectivity index (χ3n) is 8.20. The molecule has 8 heteroatoms. The van der Waals surface area contributed by atoms with Crippen molar-refractivity contribution in [3.63, 3.8) is 0 Å². The average molecular weight is 727 g/mol. The smallest absolute Gasteiger partial charge is 0.282 e. The molecule has 0 unspecified atom stereocenters. The molecule has 0 aliphatic carbocycles. The summed E-state index contributed by atoms with van der Waals surface area (Å²) in [6.45, 7) is 11.6. The Morgan fingerprint density at radius 3 is 2.42 bits per heavy atom. The van der Waals surface area contributed by atoms with Gasteiger partial charge in [-0.25, -0.2) is 4.98 Å². The molecular formula is C37H34Br2N4O2. The number of hydrogen-bond acceptors (Lipinski definition) is 4. The second-order valence-corrected chi connectivity index (χ2v) is 13.2. The third kappa shape index (κ3) is 5.89. The van der Waals surface area contributed by atoms with Gasteiger partial charge in [-0.15, -0.1) is 0 Å². The molecule has 0 radical (unpaired) electrons. The number of fused-ring (bicyclic) bond motifs is 2. The van der Waals surface area contributed by atoms with Crippen molar-refractivity contribution < 1.29 is 4.74 Å². The Hall–Kier alpha value is -4.01. The van der Waals surface area contributed by atoms with E-state index in [-0.39, 0.29) is 11.5 Å². The van der Waals surface area contributed by atoms with Gasteiger partial charge in [-0.3, -0.25) is 4.79 Å². The maximum Gasteiger partial charge on any atom is 0.282 e. The fraction of sp³-hybridized carbons (Fsp3) is 0.216. The normalized spacial score (nSPS) is 11.8. The van der Waals surface area contributed by atoms with Crippen molar-refractivity contribution in [2.24, 2.45) is 5.10 Å². The number of hydrogen-bond donors (Lipinski definition) is 0. The maximum atomic E-state index is 14.1. The highest BCUT2D eigenvalue weighted by atomic mass is 79.9. The molecule has 0 bridgehead atoms.